The molecule has 0 saturated heterocycles. The smallest absolute Gasteiger partial charge is 0.168 e. The fraction of sp³-hybridized carbons (Fsp3) is 0.235. The number of nitrogens with one attached hydrogen (secondary N) is 1. The maximum Gasteiger partial charge on any atom is 0.168 e. The van der Waals surface area contributed by atoms with Gasteiger partial charge in [-0.05, 0) is 41.9 Å². The van der Waals surface area contributed by atoms with E-state index < -0.39 is 0 Å². The summed E-state index contributed by atoms with van der Waals surface area (Å²) in [7, 11) is 2.01. The van der Waals surface area contributed by atoms with Gasteiger partial charge in [0.25, 0.3) is 0 Å². The maximum atomic E-state index is 5.42. The molecule has 110 valence electrons. The minimum absolute atomic E-state index is 0.786. The molecule has 0 aliphatic carbocycles. The highest BCUT2D eigenvalue weighted by atomic mass is 79.9. The molecule has 0 saturated carbocycles. The van der Waals surface area contributed by atoms with Crippen molar-refractivity contribution in [2.75, 3.05) is 13.6 Å². The molecule has 2 aromatic carbocycles. The number of thiocarbonyl (C=S) groups is 1. The van der Waals surface area contributed by atoms with E-state index in [1.807, 2.05) is 13.1 Å². The second kappa shape index (κ2) is 8.15. The molecule has 0 aliphatic rings. The van der Waals surface area contributed by atoms with Crippen molar-refractivity contribution < 1.29 is 0 Å². The zero-order valence-electron chi connectivity index (χ0n) is 12.1. The first-order valence-electron chi connectivity index (χ1n) is 6.92. The normalized spacial score (nSPS) is 10.2. The van der Waals surface area contributed by atoms with Crippen LogP contribution in [0.1, 0.15) is 11.1 Å². The van der Waals surface area contributed by atoms with Crippen LogP contribution in [-0.2, 0) is 13.0 Å². The summed E-state index contributed by atoms with van der Waals surface area (Å²) in [5.41, 5.74) is 2.57. The lowest BCUT2D eigenvalue weighted by Gasteiger charge is -2.21. The lowest BCUT2D eigenvalue weighted by Crippen LogP contribution is -2.37. The van der Waals surface area contributed by atoms with Gasteiger partial charge in [0.1, 0.15) is 0 Å². The average molecular weight is 363 g/mol. The first-order chi connectivity index (χ1) is 10.1. The minimum atomic E-state index is 0.786. The van der Waals surface area contributed by atoms with E-state index in [1.54, 1.807) is 0 Å². The molecule has 2 rings (SSSR count). The molecule has 0 unspecified atom stereocenters. The lowest BCUT2D eigenvalue weighted by molar-refractivity contribution is 0.489. The summed E-state index contributed by atoms with van der Waals surface area (Å²) in [6.07, 6.45) is 0.979. The molecule has 2 nitrogen and oxygen atoms in total. The highest BCUT2D eigenvalue weighted by molar-refractivity contribution is 9.10. The monoisotopic (exact) mass is 362 g/mol. The number of halogens is 1. The Kier molecular flexibility index (Phi) is 6.21. The molecule has 0 bridgehead atoms. The molecule has 0 aromatic heterocycles. The van der Waals surface area contributed by atoms with E-state index in [0.29, 0.717) is 0 Å². The first-order valence-corrected chi connectivity index (χ1v) is 8.12. The van der Waals surface area contributed by atoms with Crippen LogP contribution in [0.3, 0.4) is 0 Å². The Hall–Kier alpha value is -1.39. The Morgan fingerprint density at radius 1 is 1.05 bits per heavy atom. The van der Waals surface area contributed by atoms with Gasteiger partial charge in [-0.1, -0.05) is 58.4 Å². The second-order valence-corrected chi connectivity index (χ2v) is 6.25. The third kappa shape index (κ3) is 5.48. The number of hydrogen-bond donors (Lipinski definition) is 1. The average Bonchev–Trinajstić information content (AvgIpc) is 2.50. The van der Waals surface area contributed by atoms with E-state index >= 15 is 0 Å². The molecule has 1 N–H and O–H groups in total. The number of rotatable bonds is 5. The standard InChI is InChI=1S/C17H19BrN2S/c1-20(13-15-7-9-16(18)10-8-15)17(21)19-12-11-14-5-3-2-4-6-14/h2-10H,11-13H2,1H3,(H,19,21). The van der Waals surface area contributed by atoms with Gasteiger partial charge in [-0.25, -0.2) is 0 Å². The Morgan fingerprint density at radius 2 is 1.71 bits per heavy atom. The van der Waals surface area contributed by atoms with Crippen molar-refractivity contribution >= 4 is 33.3 Å². The lowest BCUT2D eigenvalue weighted by atomic mass is 10.1. The third-order valence-corrected chi connectivity index (χ3v) is 4.20. The van der Waals surface area contributed by atoms with Crippen LogP contribution in [0.5, 0.6) is 0 Å². The molecule has 0 fully saturated rings. The van der Waals surface area contributed by atoms with Crippen molar-refractivity contribution in [3.63, 3.8) is 0 Å². The first kappa shape index (κ1) is 16.0. The summed E-state index contributed by atoms with van der Waals surface area (Å²) in [6.45, 7) is 1.66. The van der Waals surface area contributed by atoms with Crippen molar-refractivity contribution in [1.82, 2.24) is 10.2 Å². The van der Waals surface area contributed by atoms with Crippen LogP contribution in [0.25, 0.3) is 0 Å². The molecule has 2 aromatic rings. The van der Waals surface area contributed by atoms with Crippen LogP contribution < -0.4 is 5.32 Å². The topological polar surface area (TPSA) is 15.3 Å². The number of nitrogens with zero attached hydrogens (tertiary/aromatic N) is 1. The highest BCUT2D eigenvalue weighted by Gasteiger charge is 2.04. The van der Waals surface area contributed by atoms with Gasteiger partial charge in [0, 0.05) is 24.6 Å². The van der Waals surface area contributed by atoms with E-state index in [9.17, 15) is 0 Å². The van der Waals surface area contributed by atoms with Gasteiger partial charge in [0.2, 0.25) is 0 Å². The van der Waals surface area contributed by atoms with Crippen LogP contribution in [0.15, 0.2) is 59.1 Å². The summed E-state index contributed by atoms with van der Waals surface area (Å²) >= 11 is 8.87. The quantitative estimate of drug-likeness (QED) is 0.809. The molecule has 0 aliphatic heterocycles. The van der Waals surface area contributed by atoms with Gasteiger partial charge in [-0.3, -0.25) is 0 Å². The van der Waals surface area contributed by atoms with Crippen LogP contribution in [0, 0.1) is 0 Å². The van der Waals surface area contributed by atoms with Crippen LogP contribution in [0.2, 0.25) is 0 Å². The number of hydrogen-bond acceptors (Lipinski definition) is 1. The predicted molar refractivity (Wildman–Crippen MR) is 96.4 cm³/mol. The summed E-state index contributed by atoms with van der Waals surface area (Å²) in [5.74, 6) is 0. The Balaban J connectivity index is 1.76. The van der Waals surface area contributed by atoms with Gasteiger partial charge in [-0.15, -0.1) is 0 Å². The molecule has 0 atom stereocenters. The molecular weight excluding hydrogens is 344 g/mol. The zero-order valence-corrected chi connectivity index (χ0v) is 14.5. The van der Waals surface area contributed by atoms with Crippen molar-refractivity contribution in [2.45, 2.75) is 13.0 Å². The van der Waals surface area contributed by atoms with E-state index in [4.69, 9.17) is 12.2 Å². The fourth-order valence-electron chi connectivity index (χ4n) is 2.03. The largest absolute Gasteiger partial charge is 0.362 e. The van der Waals surface area contributed by atoms with E-state index in [2.05, 4.69) is 74.7 Å². The SMILES string of the molecule is CN(Cc1ccc(Br)cc1)C(=S)NCCc1ccccc1. The highest BCUT2D eigenvalue weighted by Crippen LogP contribution is 2.11. The maximum absolute atomic E-state index is 5.42. The molecular formula is C17H19BrN2S. The van der Waals surface area contributed by atoms with E-state index in [0.717, 1.165) is 29.1 Å². The van der Waals surface area contributed by atoms with Crippen LogP contribution >= 0.6 is 28.1 Å². The van der Waals surface area contributed by atoms with Gasteiger partial charge < -0.3 is 10.2 Å². The Morgan fingerprint density at radius 3 is 2.38 bits per heavy atom. The predicted octanol–water partition coefficient (Wildman–Crippen LogP) is 4.00. The van der Waals surface area contributed by atoms with Crippen molar-refractivity contribution in [3.05, 3.63) is 70.2 Å². The van der Waals surface area contributed by atoms with Crippen molar-refractivity contribution in [3.8, 4) is 0 Å². The third-order valence-electron chi connectivity index (χ3n) is 3.21. The second-order valence-electron chi connectivity index (χ2n) is 4.95. The summed E-state index contributed by atoms with van der Waals surface area (Å²) in [5, 5.41) is 4.10. The Labute approximate surface area is 140 Å². The Bertz CT molecular complexity index is 569. The van der Waals surface area contributed by atoms with Crippen LogP contribution in [0.4, 0.5) is 0 Å². The summed E-state index contributed by atoms with van der Waals surface area (Å²) < 4.78 is 1.09. The van der Waals surface area contributed by atoms with E-state index in [1.165, 1.54) is 11.1 Å². The van der Waals surface area contributed by atoms with Gasteiger partial charge in [0.15, 0.2) is 5.11 Å². The van der Waals surface area contributed by atoms with Crippen LogP contribution in [-0.4, -0.2) is 23.6 Å². The fourth-order valence-corrected chi connectivity index (χ4v) is 2.46. The van der Waals surface area contributed by atoms with Gasteiger partial charge in [-0.2, -0.15) is 0 Å². The molecule has 0 spiro atoms. The molecule has 0 radical (unpaired) electrons. The van der Waals surface area contributed by atoms with E-state index in [-0.39, 0.29) is 0 Å². The summed E-state index contributed by atoms with van der Waals surface area (Å²) in [4.78, 5) is 2.06. The minimum Gasteiger partial charge on any atom is -0.362 e. The zero-order chi connectivity index (χ0) is 15.1. The summed E-state index contributed by atoms with van der Waals surface area (Å²) in [6, 6.07) is 18.7. The van der Waals surface area contributed by atoms with Gasteiger partial charge >= 0.3 is 0 Å². The number of benzene rings is 2. The molecule has 21 heavy (non-hydrogen) atoms. The van der Waals surface area contributed by atoms with Gasteiger partial charge in [0.05, 0.1) is 0 Å². The van der Waals surface area contributed by atoms with Crippen molar-refractivity contribution in [2.24, 2.45) is 0 Å². The molecule has 4 heteroatoms. The van der Waals surface area contributed by atoms with Crippen molar-refractivity contribution in [1.29, 1.82) is 0 Å². The molecule has 0 amide bonds. The molecule has 0 heterocycles.